The van der Waals surface area contributed by atoms with Crippen LogP contribution >= 0.6 is 27.3 Å². The number of unbranched alkanes of at least 4 members (excludes halogenated alkanes) is 2. The van der Waals surface area contributed by atoms with Gasteiger partial charge in [-0.3, -0.25) is 4.79 Å². The molecule has 15 heavy (non-hydrogen) atoms. The number of carboxylic acid groups (broad SMARTS) is 1. The monoisotopic (exact) mass is 290 g/mol. The van der Waals surface area contributed by atoms with Crippen LogP contribution in [0.2, 0.25) is 0 Å². The highest BCUT2D eigenvalue weighted by molar-refractivity contribution is 9.11. The first kappa shape index (κ1) is 12.7. The van der Waals surface area contributed by atoms with Crippen molar-refractivity contribution in [3.8, 4) is 0 Å². The number of aliphatic carboxylic acids is 1. The molecule has 0 unspecified atom stereocenters. The zero-order valence-corrected chi connectivity index (χ0v) is 11.2. The number of hydrogen-bond acceptors (Lipinski definition) is 2. The molecule has 0 saturated heterocycles. The molecule has 1 heterocycles. The van der Waals surface area contributed by atoms with Gasteiger partial charge in [-0.05, 0) is 53.7 Å². The van der Waals surface area contributed by atoms with Gasteiger partial charge in [-0.2, -0.15) is 0 Å². The minimum Gasteiger partial charge on any atom is -0.481 e. The Morgan fingerprint density at radius 2 is 2.20 bits per heavy atom. The molecule has 2 nitrogen and oxygen atoms in total. The van der Waals surface area contributed by atoms with Gasteiger partial charge >= 0.3 is 5.97 Å². The summed E-state index contributed by atoms with van der Waals surface area (Å²) in [6, 6.07) is 2.16. The van der Waals surface area contributed by atoms with Crippen molar-refractivity contribution in [2.45, 2.75) is 39.0 Å². The maximum Gasteiger partial charge on any atom is 0.303 e. The maximum absolute atomic E-state index is 10.3. The molecular weight excluding hydrogens is 276 g/mol. The Hall–Kier alpha value is -0.350. The highest BCUT2D eigenvalue weighted by Gasteiger charge is 2.03. The van der Waals surface area contributed by atoms with Gasteiger partial charge in [0.05, 0.1) is 3.79 Å². The van der Waals surface area contributed by atoms with Crippen LogP contribution in [0.1, 0.15) is 36.1 Å². The largest absolute Gasteiger partial charge is 0.481 e. The topological polar surface area (TPSA) is 37.3 Å². The summed E-state index contributed by atoms with van der Waals surface area (Å²) in [6.07, 6.45) is 4.23. The number of rotatable bonds is 6. The highest BCUT2D eigenvalue weighted by Crippen LogP contribution is 2.27. The van der Waals surface area contributed by atoms with E-state index in [-0.39, 0.29) is 0 Å². The molecule has 0 amide bonds. The lowest BCUT2D eigenvalue weighted by molar-refractivity contribution is -0.137. The second-order valence-corrected chi connectivity index (χ2v) is 6.22. The highest BCUT2D eigenvalue weighted by atomic mass is 79.9. The fourth-order valence-corrected chi connectivity index (χ4v) is 3.29. The maximum atomic E-state index is 10.3. The molecule has 1 aromatic rings. The number of thiophene rings is 1. The third-order valence-corrected chi connectivity index (χ3v) is 3.92. The summed E-state index contributed by atoms with van der Waals surface area (Å²) in [7, 11) is 0. The van der Waals surface area contributed by atoms with Crippen LogP contribution in [0.5, 0.6) is 0 Å². The molecule has 0 radical (unpaired) electrons. The van der Waals surface area contributed by atoms with Crippen LogP contribution in [0.3, 0.4) is 0 Å². The molecule has 1 N–H and O–H groups in total. The quantitative estimate of drug-likeness (QED) is 0.804. The first-order valence-electron chi connectivity index (χ1n) is 5.06. The lowest BCUT2D eigenvalue weighted by atomic mass is 10.1. The van der Waals surface area contributed by atoms with Gasteiger partial charge in [-0.15, -0.1) is 11.3 Å². The summed E-state index contributed by atoms with van der Waals surface area (Å²) in [6.45, 7) is 2.13. The van der Waals surface area contributed by atoms with Crippen molar-refractivity contribution in [3.05, 3.63) is 20.3 Å². The molecule has 0 aliphatic rings. The molecule has 0 aromatic carbocycles. The minimum atomic E-state index is -0.690. The number of aryl methyl sites for hydroxylation is 2. The summed E-state index contributed by atoms with van der Waals surface area (Å²) in [5, 5.41) is 8.47. The van der Waals surface area contributed by atoms with Crippen molar-refractivity contribution in [1.82, 2.24) is 0 Å². The minimum absolute atomic E-state index is 0.298. The third kappa shape index (κ3) is 4.80. The van der Waals surface area contributed by atoms with Crippen LogP contribution in [0.4, 0.5) is 0 Å². The fraction of sp³-hybridized carbons (Fsp3) is 0.545. The van der Waals surface area contributed by atoms with Crippen LogP contribution < -0.4 is 0 Å². The molecule has 1 rings (SSSR count). The molecule has 1 aromatic heterocycles. The van der Waals surface area contributed by atoms with Crippen LogP contribution in [-0.2, 0) is 11.2 Å². The summed E-state index contributed by atoms with van der Waals surface area (Å²) in [5.41, 5.74) is 1.39. The van der Waals surface area contributed by atoms with E-state index in [1.807, 2.05) is 0 Å². The van der Waals surface area contributed by atoms with E-state index in [1.165, 1.54) is 14.2 Å². The van der Waals surface area contributed by atoms with Crippen molar-refractivity contribution in [2.75, 3.05) is 0 Å². The molecule has 0 aliphatic carbocycles. The summed E-state index contributed by atoms with van der Waals surface area (Å²) in [5.74, 6) is -0.690. The van der Waals surface area contributed by atoms with E-state index in [0.29, 0.717) is 6.42 Å². The molecule has 0 atom stereocenters. The van der Waals surface area contributed by atoms with Gasteiger partial charge in [0.25, 0.3) is 0 Å². The number of carboxylic acids is 1. The van der Waals surface area contributed by atoms with E-state index in [4.69, 9.17) is 5.11 Å². The van der Waals surface area contributed by atoms with E-state index in [2.05, 4.69) is 28.9 Å². The van der Waals surface area contributed by atoms with Crippen LogP contribution in [0.15, 0.2) is 9.85 Å². The van der Waals surface area contributed by atoms with Crippen molar-refractivity contribution in [1.29, 1.82) is 0 Å². The van der Waals surface area contributed by atoms with Crippen molar-refractivity contribution < 1.29 is 9.90 Å². The molecular formula is C11H15BrO2S. The molecule has 0 bridgehead atoms. The molecule has 0 spiro atoms. The fourth-order valence-electron chi connectivity index (χ4n) is 1.50. The van der Waals surface area contributed by atoms with E-state index in [9.17, 15) is 4.79 Å². The average molecular weight is 291 g/mol. The zero-order valence-electron chi connectivity index (χ0n) is 8.75. The Morgan fingerprint density at radius 3 is 2.73 bits per heavy atom. The number of carbonyl (C=O) groups is 1. The molecule has 0 fully saturated rings. The van der Waals surface area contributed by atoms with Crippen LogP contribution in [0, 0.1) is 6.92 Å². The van der Waals surface area contributed by atoms with Gasteiger partial charge in [0.2, 0.25) is 0 Å². The van der Waals surface area contributed by atoms with Crippen LogP contribution in [-0.4, -0.2) is 11.1 Å². The predicted octanol–water partition coefficient (Wildman–Crippen LogP) is 4.01. The van der Waals surface area contributed by atoms with E-state index < -0.39 is 5.97 Å². The Kier molecular flexibility index (Phi) is 5.32. The zero-order chi connectivity index (χ0) is 11.3. The van der Waals surface area contributed by atoms with Crippen LogP contribution in [0.25, 0.3) is 0 Å². The first-order valence-corrected chi connectivity index (χ1v) is 6.67. The summed E-state index contributed by atoms with van der Waals surface area (Å²) < 4.78 is 1.18. The first-order chi connectivity index (χ1) is 7.09. The van der Waals surface area contributed by atoms with Gasteiger partial charge in [0.15, 0.2) is 0 Å². The molecule has 0 saturated carbocycles. The van der Waals surface area contributed by atoms with E-state index in [0.717, 1.165) is 25.7 Å². The number of hydrogen-bond donors (Lipinski definition) is 1. The lowest BCUT2D eigenvalue weighted by Crippen LogP contribution is -1.94. The predicted molar refractivity (Wildman–Crippen MR) is 66.6 cm³/mol. The van der Waals surface area contributed by atoms with E-state index >= 15 is 0 Å². The SMILES string of the molecule is Cc1sc(Br)cc1CCCCCC(=O)O. The second kappa shape index (κ2) is 6.28. The van der Waals surface area contributed by atoms with Crippen molar-refractivity contribution in [3.63, 3.8) is 0 Å². The molecule has 4 heteroatoms. The van der Waals surface area contributed by atoms with E-state index in [1.54, 1.807) is 11.3 Å². The Labute approximate surface area is 102 Å². The smallest absolute Gasteiger partial charge is 0.303 e. The van der Waals surface area contributed by atoms with Crippen molar-refractivity contribution in [2.24, 2.45) is 0 Å². The average Bonchev–Trinajstić information content (AvgIpc) is 2.44. The number of halogens is 1. The molecule has 84 valence electrons. The normalized spacial score (nSPS) is 10.5. The Balaban J connectivity index is 2.20. The molecule has 0 aliphatic heterocycles. The van der Waals surface area contributed by atoms with Gasteiger partial charge < -0.3 is 5.11 Å². The summed E-state index contributed by atoms with van der Waals surface area (Å²) in [4.78, 5) is 11.6. The Morgan fingerprint density at radius 1 is 1.47 bits per heavy atom. The Bertz CT molecular complexity index is 333. The second-order valence-electron chi connectivity index (χ2n) is 3.59. The standard InChI is InChI=1S/C11H15BrO2S/c1-8-9(7-10(12)15-8)5-3-2-4-6-11(13)14/h7H,2-6H2,1H3,(H,13,14). The van der Waals surface area contributed by atoms with Gasteiger partial charge in [-0.25, -0.2) is 0 Å². The third-order valence-electron chi connectivity index (χ3n) is 2.33. The summed E-state index contributed by atoms with van der Waals surface area (Å²) >= 11 is 5.23. The van der Waals surface area contributed by atoms with Gasteiger partial charge in [-0.1, -0.05) is 6.42 Å². The lowest BCUT2D eigenvalue weighted by Gasteiger charge is -1.99. The van der Waals surface area contributed by atoms with Crippen molar-refractivity contribution >= 4 is 33.2 Å². The van der Waals surface area contributed by atoms with Gasteiger partial charge in [0.1, 0.15) is 0 Å². The van der Waals surface area contributed by atoms with Gasteiger partial charge in [0, 0.05) is 11.3 Å².